The van der Waals surface area contributed by atoms with Crippen LogP contribution in [0.2, 0.25) is 0 Å². The zero-order chi connectivity index (χ0) is 8.10. The van der Waals surface area contributed by atoms with Crippen molar-refractivity contribution in [2.75, 3.05) is 12.0 Å². The minimum absolute atomic E-state index is 0.177. The lowest BCUT2D eigenvalue weighted by Crippen LogP contribution is -2.12. The summed E-state index contributed by atoms with van der Waals surface area (Å²) in [6, 6.07) is 4.08. The van der Waals surface area contributed by atoms with Crippen molar-refractivity contribution in [1.29, 1.82) is 0 Å². The van der Waals surface area contributed by atoms with Gasteiger partial charge < -0.3 is 5.11 Å². The van der Waals surface area contributed by atoms with Crippen LogP contribution in [0.5, 0.6) is 0 Å². The molecule has 1 N–H and O–H groups in total. The standard InChI is InChI=1S/C8H12OS2/c1-10-6-7(9)5-8-3-2-4-11-8/h2-4,7,9H,5-6H2,1H3. The predicted molar refractivity (Wildman–Crippen MR) is 52.4 cm³/mol. The van der Waals surface area contributed by atoms with E-state index in [0.29, 0.717) is 0 Å². The number of hydrogen-bond acceptors (Lipinski definition) is 3. The molecule has 1 aromatic rings. The Kier molecular flexibility index (Phi) is 3.97. The van der Waals surface area contributed by atoms with E-state index < -0.39 is 0 Å². The van der Waals surface area contributed by atoms with E-state index >= 15 is 0 Å². The van der Waals surface area contributed by atoms with E-state index in [4.69, 9.17) is 0 Å². The van der Waals surface area contributed by atoms with E-state index in [0.717, 1.165) is 12.2 Å². The van der Waals surface area contributed by atoms with Gasteiger partial charge in [-0.2, -0.15) is 11.8 Å². The van der Waals surface area contributed by atoms with Crippen LogP contribution in [-0.2, 0) is 6.42 Å². The van der Waals surface area contributed by atoms with E-state index in [1.54, 1.807) is 23.1 Å². The second kappa shape index (κ2) is 4.80. The Morgan fingerprint density at radius 2 is 2.55 bits per heavy atom. The molecule has 0 saturated carbocycles. The van der Waals surface area contributed by atoms with E-state index in [2.05, 4.69) is 6.07 Å². The minimum Gasteiger partial charge on any atom is -0.392 e. The summed E-state index contributed by atoms with van der Waals surface area (Å²) in [7, 11) is 0. The van der Waals surface area contributed by atoms with E-state index in [-0.39, 0.29) is 6.10 Å². The van der Waals surface area contributed by atoms with E-state index in [9.17, 15) is 5.11 Å². The molecule has 0 amide bonds. The first-order chi connectivity index (χ1) is 5.33. The maximum Gasteiger partial charge on any atom is 0.0678 e. The lowest BCUT2D eigenvalue weighted by Gasteiger charge is -2.05. The van der Waals surface area contributed by atoms with E-state index in [1.807, 2.05) is 17.7 Å². The molecule has 0 saturated heterocycles. The van der Waals surface area contributed by atoms with Gasteiger partial charge in [-0.1, -0.05) is 6.07 Å². The summed E-state index contributed by atoms with van der Waals surface area (Å²) in [5.41, 5.74) is 0. The first kappa shape index (κ1) is 9.10. The summed E-state index contributed by atoms with van der Waals surface area (Å²) in [5, 5.41) is 11.4. The third kappa shape index (κ3) is 3.27. The van der Waals surface area contributed by atoms with Gasteiger partial charge in [0.1, 0.15) is 0 Å². The van der Waals surface area contributed by atoms with Crippen LogP contribution in [0.3, 0.4) is 0 Å². The minimum atomic E-state index is -0.177. The Morgan fingerprint density at radius 1 is 1.73 bits per heavy atom. The smallest absolute Gasteiger partial charge is 0.0678 e. The molecule has 11 heavy (non-hydrogen) atoms. The van der Waals surface area contributed by atoms with Gasteiger partial charge in [0.05, 0.1) is 6.10 Å². The van der Waals surface area contributed by atoms with E-state index in [1.165, 1.54) is 4.88 Å². The van der Waals surface area contributed by atoms with Crippen molar-refractivity contribution >= 4 is 23.1 Å². The molecule has 0 aromatic carbocycles. The van der Waals surface area contributed by atoms with Crippen molar-refractivity contribution in [1.82, 2.24) is 0 Å². The van der Waals surface area contributed by atoms with Gasteiger partial charge in [0.25, 0.3) is 0 Å². The molecule has 1 unspecified atom stereocenters. The van der Waals surface area contributed by atoms with Crippen LogP contribution >= 0.6 is 23.1 Å². The molecule has 1 rings (SSSR count). The first-order valence-electron chi connectivity index (χ1n) is 3.52. The van der Waals surface area contributed by atoms with Crippen molar-refractivity contribution in [2.24, 2.45) is 0 Å². The van der Waals surface area contributed by atoms with Crippen LogP contribution in [0.25, 0.3) is 0 Å². The monoisotopic (exact) mass is 188 g/mol. The third-order valence-electron chi connectivity index (χ3n) is 1.38. The molecular weight excluding hydrogens is 176 g/mol. The molecule has 1 nitrogen and oxygen atoms in total. The van der Waals surface area contributed by atoms with Crippen LogP contribution < -0.4 is 0 Å². The second-order valence-electron chi connectivity index (χ2n) is 2.39. The van der Waals surface area contributed by atoms with Gasteiger partial charge in [-0.05, 0) is 17.7 Å². The number of rotatable bonds is 4. The Labute approximate surface area is 75.4 Å². The summed E-state index contributed by atoms with van der Waals surface area (Å²) >= 11 is 3.39. The zero-order valence-electron chi connectivity index (χ0n) is 6.49. The summed E-state index contributed by atoms with van der Waals surface area (Å²) in [4.78, 5) is 1.27. The topological polar surface area (TPSA) is 20.2 Å². The lowest BCUT2D eigenvalue weighted by atomic mass is 10.2. The molecule has 0 aliphatic carbocycles. The fourth-order valence-corrected chi connectivity index (χ4v) is 2.19. The molecular formula is C8H12OS2. The molecule has 1 aromatic heterocycles. The van der Waals surface area contributed by atoms with Crippen molar-refractivity contribution < 1.29 is 5.11 Å². The fourth-order valence-electron chi connectivity index (χ4n) is 0.912. The molecule has 1 heterocycles. The maximum absolute atomic E-state index is 9.41. The highest BCUT2D eigenvalue weighted by Gasteiger charge is 2.04. The van der Waals surface area contributed by atoms with Gasteiger partial charge in [-0.15, -0.1) is 11.3 Å². The summed E-state index contributed by atoms with van der Waals surface area (Å²) in [6.45, 7) is 0. The van der Waals surface area contributed by atoms with Crippen molar-refractivity contribution in [3.05, 3.63) is 22.4 Å². The molecule has 0 aliphatic heterocycles. The van der Waals surface area contributed by atoms with Gasteiger partial charge in [0, 0.05) is 17.1 Å². The average Bonchev–Trinajstić information content (AvgIpc) is 2.40. The quantitative estimate of drug-likeness (QED) is 0.780. The number of aliphatic hydroxyl groups is 1. The highest BCUT2D eigenvalue weighted by atomic mass is 32.2. The molecule has 1 atom stereocenters. The van der Waals surface area contributed by atoms with Crippen LogP contribution in [0.15, 0.2) is 17.5 Å². The van der Waals surface area contributed by atoms with Crippen LogP contribution in [0.4, 0.5) is 0 Å². The fraction of sp³-hybridized carbons (Fsp3) is 0.500. The van der Waals surface area contributed by atoms with Gasteiger partial charge in [-0.3, -0.25) is 0 Å². The normalized spacial score (nSPS) is 13.3. The summed E-state index contributed by atoms with van der Waals surface area (Å²) < 4.78 is 0. The molecule has 0 spiro atoms. The van der Waals surface area contributed by atoms with Gasteiger partial charge >= 0.3 is 0 Å². The van der Waals surface area contributed by atoms with Crippen LogP contribution in [0, 0.1) is 0 Å². The summed E-state index contributed by atoms with van der Waals surface area (Å²) in [5.74, 6) is 0.831. The second-order valence-corrected chi connectivity index (χ2v) is 4.34. The average molecular weight is 188 g/mol. The Hall–Kier alpha value is 0.01000. The van der Waals surface area contributed by atoms with Gasteiger partial charge in [-0.25, -0.2) is 0 Å². The number of thioether (sulfide) groups is 1. The SMILES string of the molecule is CSCC(O)Cc1cccs1. The zero-order valence-corrected chi connectivity index (χ0v) is 8.12. The van der Waals surface area contributed by atoms with Gasteiger partial charge in [0.15, 0.2) is 0 Å². The number of hydrogen-bond donors (Lipinski definition) is 1. The number of thiophene rings is 1. The highest BCUT2D eigenvalue weighted by Crippen LogP contribution is 2.12. The van der Waals surface area contributed by atoms with Crippen molar-refractivity contribution in [3.63, 3.8) is 0 Å². The van der Waals surface area contributed by atoms with Crippen molar-refractivity contribution in [2.45, 2.75) is 12.5 Å². The molecule has 0 fully saturated rings. The Balaban J connectivity index is 2.31. The molecule has 0 radical (unpaired) electrons. The predicted octanol–water partition coefficient (Wildman–Crippen LogP) is 2.01. The van der Waals surface area contributed by atoms with Crippen LogP contribution in [-0.4, -0.2) is 23.2 Å². The number of aliphatic hydroxyl groups excluding tert-OH is 1. The Morgan fingerprint density at radius 3 is 3.09 bits per heavy atom. The molecule has 62 valence electrons. The molecule has 0 bridgehead atoms. The highest BCUT2D eigenvalue weighted by molar-refractivity contribution is 7.98. The maximum atomic E-state index is 9.41. The van der Waals surface area contributed by atoms with Crippen LogP contribution in [0.1, 0.15) is 4.88 Å². The summed E-state index contributed by atoms with van der Waals surface area (Å²) in [6.07, 6.45) is 2.64. The first-order valence-corrected chi connectivity index (χ1v) is 5.79. The Bertz CT molecular complexity index is 184. The largest absolute Gasteiger partial charge is 0.392 e. The lowest BCUT2D eigenvalue weighted by molar-refractivity contribution is 0.201. The third-order valence-corrected chi connectivity index (χ3v) is 2.99. The molecule has 3 heteroatoms. The molecule has 0 aliphatic rings. The van der Waals surface area contributed by atoms with Gasteiger partial charge in [0.2, 0.25) is 0 Å². The van der Waals surface area contributed by atoms with Crippen molar-refractivity contribution in [3.8, 4) is 0 Å².